The van der Waals surface area contributed by atoms with E-state index in [2.05, 4.69) is 0 Å². The number of nitrogens with zero attached hydrogens (tertiary/aromatic N) is 2. The van der Waals surface area contributed by atoms with Crippen LogP contribution in [0.15, 0.2) is 27.7 Å². The van der Waals surface area contributed by atoms with Crippen LogP contribution in [0.5, 0.6) is 0 Å². The fourth-order valence-electron chi connectivity index (χ4n) is 2.67. The summed E-state index contributed by atoms with van der Waals surface area (Å²) in [5.41, 5.74) is 0. The van der Waals surface area contributed by atoms with Crippen LogP contribution >= 0.6 is 11.8 Å². The number of likely N-dealkylation sites (N-methyl/N-ethyl adjacent to an activating group) is 1. The fourth-order valence-corrected chi connectivity index (χ4v) is 5.26. The van der Waals surface area contributed by atoms with E-state index in [1.54, 1.807) is 12.1 Å². The van der Waals surface area contributed by atoms with Crippen molar-refractivity contribution >= 4 is 44.7 Å². The summed E-state index contributed by atoms with van der Waals surface area (Å²) in [6.07, 6.45) is 3.26. The lowest BCUT2D eigenvalue weighted by molar-refractivity contribution is -0.136. The molecule has 3 amide bonds. The molecule has 8 nitrogen and oxygen atoms in total. The Labute approximate surface area is 148 Å². The average molecular weight is 384 g/mol. The predicted octanol–water partition coefficient (Wildman–Crippen LogP) is 0.961. The van der Waals surface area contributed by atoms with Crippen molar-refractivity contribution in [3.63, 3.8) is 0 Å². The van der Waals surface area contributed by atoms with Gasteiger partial charge in [0.2, 0.25) is 5.91 Å². The van der Waals surface area contributed by atoms with Gasteiger partial charge in [-0.25, -0.2) is 8.42 Å². The number of imide groups is 1. The number of amides is 3. The highest BCUT2D eigenvalue weighted by Crippen LogP contribution is 2.32. The van der Waals surface area contributed by atoms with E-state index in [0.717, 1.165) is 16.7 Å². The van der Waals surface area contributed by atoms with Crippen molar-refractivity contribution in [3.05, 3.63) is 29.1 Å². The highest BCUT2D eigenvalue weighted by molar-refractivity contribution is 8.18. The zero-order valence-electron chi connectivity index (χ0n) is 13.4. The fraction of sp³-hybridized carbons (Fsp3) is 0.400. The molecule has 0 aromatic carbocycles. The molecule has 2 aliphatic rings. The van der Waals surface area contributed by atoms with Gasteiger partial charge in [-0.3, -0.25) is 19.3 Å². The van der Waals surface area contributed by atoms with Crippen LogP contribution in [-0.4, -0.2) is 66.4 Å². The van der Waals surface area contributed by atoms with Crippen LogP contribution in [0.1, 0.15) is 12.2 Å². The lowest BCUT2D eigenvalue weighted by Crippen LogP contribution is -2.45. The van der Waals surface area contributed by atoms with Gasteiger partial charge in [0.1, 0.15) is 12.3 Å². The molecular weight excluding hydrogens is 368 g/mol. The van der Waals surface area contributed by atoms with Crippen LogP contribution in [0.25, 0.3) is 6.08 Å². The lowest BCUT2D eigenvalue weighted by atomic mass is 10.2. The Bertz CT molecular complexity index is 843. The Morgan fingerprint density at radius 1 is 1.48 bits per heavy atom. The Hall–Kier alpha value is -2.07. The molecule has 1 aromatic rings. The second-order valence-electron chi connectivity index (χ2n) is 5.84. The monoisotopic (exact) mass is 384 g/mol. The minimum Gasteiger partial charge on any atom is -0.465 e. The highest BCUT2D eigenvalue weighted by atomic mass is 32.2. The number of hydrogen-bond donors (Lipinski definition) is 0. The van der Waals surface area contributed by atoms with Gasteiger partial charge >= 0.3 is 0 Å². The van der Waals surface area contributed by atoms with E-state index in [1.807, 2.05) is 0 Å². The number of carbonyl (C=O) groups is 3. The van der Waals surface area contributed by atoms with E-state index >= 15 is 0 Å². The first-order valence-electron chi connectivity index (χ1n) is 7.52. The topological polar surface area (TPSA) is 105 Å². The van der Waals surface area contributed by atoms with E-state index in [-0.39, 0.29) is 16.4 Å². The van der Waals surface area contributed by atoms with Crippen LogP contribution < -0.4 is 0 Å². The van der Waals surface area contributed by atoms with Crippen LogP contribution in [0.3, 0.4) is 0 Å². The molecule has 3 rings (SSSR count). The van der Waals surface area contributed by atoms with Crippen LogP contribution in [-0.2, 0) is 19.4 Å². The summed E-state index contributed by atoms with van der Waals surface area (Å²) >= 11 is 0.738. The Morgan fingerprint density at radius 3 is 2.84 bits per heavy atom. The molecule has 0 N–H and O–H groups in total. The van der Waals surface area contributed by atoms with Gasteiger partial charge in [-0.1, -0.05) is 0 Å². The predicted molar refractivity (Wildman–Crippen MR) is 91.2 cm³/mol. The molecule has 0 radical (unpaired) electrons. The van der Waals surface area contributed by atoms with E-state index in [9.17, 15) is 22.8 Å². The van der Waals surface area contributed by atoms with Crippen LogP contribution in [0, 0.1) is 0 Å². The maximum Gasteiger partial charge on any atom is 0.294 e. The zero-order valence-corrected chi connectivity index (χ0v) is 15.0. The Kier molecular flexibility index (Phi) is 4.74. The molecular formula is C15H16N2O6S2. The van der Waals surface area contributed by atoms with Crippen molar-refractivity contribution in [1.29, 1.82) is 0 Å². The third-order valence-electron chi connectivity index (χ3n) is 4.13. The van der Waals surface area contributed by atoms with Crippen molar-refractivity contribution < 1.29 is 27.2 Å². The third kappa shape index (κ3) is 3.79. The van der Waals surface area contributed by atoms with E-state index in [4.69, 9.17) is 4.42 Å². The van der Waals surface area contributed by atoms with Gasteiger partial charge in [-0.15, -0.1) is 0 Å². The largest absolute Gasteiger partial charge is 0.465 e. The number of sulfone groups is 1. The summed E-state index contributed by atoms with van der Waals surface area (Å²) < 4.78 is 28.2. The van der Waals surface area contributed by atoms with E-state index in [0.29, 0.717) is 12.2 Å². The molecule has 2 saturated heterocycles. The first kappa shape index (κ1) is 17.7. The summed E-state index contributed by atoms with van der Waals surface area (Å²) in [5, 5.41) is -0.538. The molecule has 1 unspecified atom stereocenters. The van der Waals surface area contributed by atoms with Crippen molar-refractivity contribution in [2.24, 2.45) is 0 Å². The average Bonchev–Trinajstić information content (AvgIpc) is 3.24. The Morgan fingerprint density at radius 2 is 2.24 bits per heavy atom. The second kappa shape index (κ2) is 6.68. The van der Waals surface area contributed by atoms with Gasteiger partial charge in [0.05, 0.1) is 22.7 Å². The van der Waals surface area contributed by atoms with Gasteiger partial charge in [0, 0.05) is 19.2 Å². The van der Waals surface area contributed by atoms with Crippen molar-refractivity contribution in [2.75, 3.05) is 25.1 Å². The molecule has 2 fully saturated rings. The summed E-state index contributed by atoms with van der Waals surface area (Å²) in [7, 11) is -1.63. The van der Waals surface area contributed by atoms with Crippen molar-refractivity contribution in [3.8, 4) is 0 Å². The molecule has 1 aromatic heterocycles. The van der Waals surface area contributed by atoms with Gasteiger partial charge < -0.3 is 9.32 Å². The minimum absolute atomic E-state index is 0.0444. The number of furan rings is 1. The number of hydrogen-bond acceptors (Lipinski definition) is 7. The molecule has 25 heavy (non-hydrogen) atoms. The van der Waals surface area contributed by atoms with Crippen molar-refractivity contribution in [1.82, 2.24) is 9.80 Å². The molecule has 0 saturated carbocycles. The van der Waals surface area contributed by atoms with Crippen LogP contribution in [0.2, 0.25) is 0 Å². The summed E-state index contributed by atoms with van der Waals surface area (Å²) in [6.45, 7) is -0.410. The molecule has 0 bridgehead atoms. The van der Waals surface area contributed by atoms with E-state index < -0.39 is 39.5 Å². The lowest BCUT2D eigenvalue weighted by Gasteiger charge is -2.25. The number of thioether (sulfide) groups is 1. The van der Waals surface area contributed by atoms with Crippen molar-refractivity contribution in [2.45, 2.75) is 12.5 Å². The SMILES string of the molecule is CN(C(=O)CN1C(=O)S/C(=C\c2ccco2)C1=O)C1CCS(=O)(=O)C1. The van der Waals surface area contributed by atoms with E-state index in [1.165, 1.54) is 24.3 Å². The second-order valence-corrected chi connectivity index (χ2v) is 9.07. The van der Waals surface area contributed by atoms with Gasteiger partial charge in [0.25, 0.3) is 11.1 Å². The molecule has 0 aliphatic carbocycles. The summed E-state index contributed by atoms with van der Waals surface area (Å²) in [6, 6.07) is 2.88. The normalized spacial score (nSPS) is 24.3. The highest BCUT2D eigenvalue weighted by Gasteiger charge is 2.39. The quantitative estimate of drug-likeness (QED) is 0.712. The Balaban J connectivity index is 1.67. The minimum atomic E-state index is -3.13. The molecule has 10 heteroatoms. The molecule has 0 spiro atoms. The molecule has 1 atom stereocenters. The standard InChI is InChI=1S/C15H16N2O6S2/c1-16(10-4-6-25(21,22)9-10)13(18)8-17-14(19)12(24-15(17)20)7-11-3-2-5-23-11/h2-3,5,7,10H,4,6,8-9H2,1H3/b12-7-. The molecule has 2 aliphatic heterocycles. The smallest absolute Gasteiger partial charge is 0.294 e. The zero-order chi connectivity index (χ0) is 18.2. The molecule has 134 valence electrons. The maximum atomic E-state index is 12.3. The van der Waals surface area contributed by atoms with Gasteiger partial charge in [-0.2, -0.15) is 0 Å². The number of rotatable bonds is 4. The first-order chi connectivity index (χ1) is 11.8. The number of carbonyl (C=O) groups excluding carboxylic acids is 3. The third-order valence-corrected chi connectivity index (χ3v) is 6.79. The van der Waals surface area contributed by atoms with Crippen LogP contribution in [0.4, 0.5) is 4.79 Å². The van der Waals surface area contributed by atoms with Gasteiger partial charge in [0.15, 0.2) is 9.84 Å². The maximum absolute atomic E-state index is 12.3. The summed E-state index contributed by atoms with van der Waals surface area (Å²) in [5.74, 6) is -0.640. The summed E-state index contributed by atoms with van der Waals surface area (Å²) in [4.78, 5) is 39.1. The molecule has 3 heterocycles. The van der Waals surface area contributed by atoms with Gasteiger partial charge in [-0.05, 0) is 30.3 Å². The first-order valence-corrected chi connectivity index (χ1v) is 10.2.